The standard InChI is InChI=1S/C34H43N5O3/c1-24-17-27-12-6-7-13-30(27)32(24)37-33(41)28(18-25-9-4-3-5-10-25)19-29(40)22-39-16-15-38(23-31(39)34(42)35-2)21-26-11-8-14-36-20-26/h3-14,20,24,28-29,31-32,40H,15-19,21-23H2,1-2H3,(H,35,42)(H,37,41)/t24-,28-,29+,31+,32?/m1/s1. The van der Waals surface area contributed by atoms with Crippen LogP contribution in [-0.4, -0.2) is 77.1 Å². The highest BCUT2D eigenvalue weighted by Gasteiger charge is 2.35. The molecule has 0 saturated carbocycles. The van der Waals surface area contributed by atoms with Crippen LogP contribution in [0.3, 0.4) is 0 Å². The maximum Gasteiger partial charge on any atom is 0.238 e. The first-order valence-electron chi connectivity index (χ1n) is 15.1. The molecule has 8 nitrogen and oxygen atoms in total. The van der Waals surface area contributed by atoms with Crippen LogP contribution >= 0.6 is 0 Å². The summed E-state index contributed by atoms with van der Waals surface area (Å²) in [5.41, 5.74) is 4.65. The Hall–Kier alpha value is -3.59. The van der Waals surface area contributed by atoms with E-state index in [0.29, 0.717) is 38.4 Å². The number of nitrogens with zero attached hydrogens (tertiary/aromatic N) is 3. The summed E-state index contributed by atoms with van der Waals surface area (Å²) in [7, 11) is 1.65. The minimum Gasteiger partial charge on any atom is -0.392 e. The lowest BCUT2D eigenvalue weighted by Crippen LogP contribution is -2.59. The van der Waals surface area contributed by atoms with Crippen LogP contribution in [-0.2, 0) is 29.0 Å². The van der Waals surface area contributed by atoms with E-state index in [1.807, 2.05) is 54.7 Å². The van der Waals surface area contributed by atoms with Crippen molar-refractivity contribution < 1.29 is 14.7 Å². The highest BCUT2D eigenvalue weighted by Crippen LogP contribution is 2.36. The number of aliphatic hydroxyl groups is 1. The summed E-state index contributed by atoms with van der Waals surface area (Å²) < 4.78 is 0. The second kappa shape index (κ2) is 14.1. The fourth-order valence-corrected chi connectivity index (χ4v) is 6.55. The molecule has 5 rings (SSSR count). The lowest BCUT2D eigenvalue weighted by molar-refractivity contribution is -0.130. The van der Waals surface area contributed by atoms with Crippen molar-refractivity contribution in [2.45, 2.75) is 50.9 Å². The molecular formula is C34H43N5O3. The van der Waals surface area contributed by atoms with Gasteiger partial charge in [-0.1, -0.05) is 67.6 Å². The number of aromatic nitrogens is 1. The molecule has 2 amide bonds. The van der Waals surface area contributed by atoms with Gasteiger partial charge in [-0.05, 0) is 53.5 Å². The molecule has 2 aliphatic rings. The van der Waals surface area contributed by atoms with Crippen LogP contribution in [0.1, 0.15) is 41.6 Å². The molecule has 0 spiro atoms. The number of aliphatic hydroxyl groups excluding tert-OH is 1. The number of nitrogens with one attached hydrogen (secondary N) is 2. The highest BCUT2D eigenvalue weighted by molar-refractivity contribution is 5.82. The lowest BCUT2D eigenvalue weighted by atomic mass is 9.91. The minimum absolute atomic E-state index is 0.0319. The zero-order valence-electron chi connectivity index (χ0n) is 24.7. The number of fused-ring (bicyclic) bond motifs is 1. The van der Waals surface area contributed by atoms with Crippen molar-refractivity contribution in [3.63, 3.8) is 0 Å². The van der Waals surface area contributed by atoms with E-state index in [2.05, 4.69) is 50.5 Å². The topological polar surface area (TPSA) is 97.8 Å². The van der Waals surface area contributed by atoms with E-state index in [0.717, 1.165) is 30.6 Å². The monoisotopic (exact) mass is 569 g/mol. The molecule has 1 fully saturated rings. The molecule has 2 aromatic carbocycles. The fourth-order valence-electron chi connectivity index (χ4n) is 6.55. The van der Waals surface area contributed by atoms with Crippen molar-refractivity contribution in [3.05, 3.63) is 101 Å². The van der Waals surface area contributed by atoms with Gasteiger partial charge in [-0.15, -0.1) is 0 Å². The molecule has 2 heterocycles. The quantitative estimate of drug-likeness (QED) is 0.329. The van der Waals surface area contributed by atoms with Crippen molar-refractivity contribution in [2.24, 2.45) is 11.8 Å². The van der Waals surface area contributed by atoms with E-state index in [1.165, 1.54) is 11.1 Å². The van der Waals surface area contributed by atoms with E-state index in [4.69, 9.17) is 0 Å². The highest BCUT2D eigenvalue weighted by atomic mass is 16.3. The number of rotatable bonds is 11. The Morgan fingerprint density at radius 3 is 2.55 bits per heavy atom. The summed E-state index contributed by atoms with van der Waals surface area (Å²) in [5, 5.41) is 17.5. The molecule has 1 unspecified atom stereocenters. The van der Waals surface area contributed by atoms with Gasteiger partial charge in [-0.25, -0.2) is 0 Å². The zero-order chi connectivity index (χ0) is 29.5. The molecule has 0 bridgehead atoms. The molecule has 3 N–H and O–H groups in total. The van der Waals surface area contributed by atoms with Gasteiger partial charge < -0.3 is 15.7 Å². The van der Waals surface area contributed by atoms with Gasteiger partial charge >= 0.3 is 0 Å². The maximum absolute atomic E-state index is 13.8. The number of likely N-dealkylation sites (N-methyl/N-ethyl adjacent to an activating group) is 1. The Labute approximate surface area is 249 Å². The Bertz CT molecular complexity index is 1320. The van der Waals surface area contributed by atoms with Gasteiger partial charge in [0.15, 0.2) is 0 Å². The van der Waals surface area contributed by atoms with Gasteiger partial charge in [0.25, 0.3) is 0 Å². The smallest absolute Gasteiger partial charge is 0.238 e. The average molecular weight is 570 g/mol. The Morgan fingerprint density at radius 2 is 1.79 bits per heavy atom. The Balaban J connectivity index is 1.26. The third-order valence-corrected chi connectivity index (χ3v) is 8.75. The largest absolute Gasteiger partial charge is 0.392 e. The van der Waals surface area contributed by atoms with Crippen LogP contribution in [0, 0.1) is 11.8 Å². The number of hydrogen-bond acceptors (Lipinski definition) is 6. The van der Waals surface area contributed by atoms with Gasteiger partial charge in [-0.2, -0.15) is 0 Å². The second-order valence-corrected chi connectivity index (χ2v) is 11.9. The first-order chi connectivity index (χ1) is 20.4. The molecular weight excluding hydrogens is 526 g/mol. The van der Waals surface area contributed by atoms with Gasteiger partial charge in [0.1, 0.15) is 6.04 Å². The van der Waals surface area contributed by atoms with Gasteiger partial charge in [0.2, 0.25) is 11.8 Å². The van der Waals surface area contributed by atoms with Crippen LogP contribution in [0.2, 0.25) is 0 Å². The van der Waals surface area contributed by atoms with Crippen LogP contribution < -0.4 is 10.6 Å². The van der Waals surface area contributed by atoms with Crippen LogP contribution in [0.25, 0.3) is 0 Å². The van der Waals surface area contributed by atoms with E-state index in [-0.39, 0.29) is 23.9 Å². The third kappa shape index (κ3) is 7.43. The predicted octanol–water partition coefficient (Wildman–Crippen LogP) is 2.97. The molecule has 5 atom stereocenters. The maximum atomic E-state index is 13.8. The van der Waals surface area contributed by atoms with Crippen molar-refractivity contribution in [2.75, 3.05) is 33.2 Å². The Kier molecular flexibility index (Phi) is 10.00. The van der Waals surface area contributed by atoms with Crippen molar-refractivity contribution in [3.8, 4) is 0 Å². The number of carbonyl (C=O) groups excluding carboxylic acids is 2. The second-order valence-electron chi connectivity index (χ2n) is 11.9. The molecule has 1 saturated heterocycles. The van der Waals surface area contributed by atoms with Crippen LogP contribution in [0.5, 0.6) is 0 Å². The fraction of sp³-hybridized carbons (Fsp3) is 0.441. The summed E-state index contributed by atoms with van der Waals surface area (Å²) in [6.45, 7) is 5.23. The van der Waals surface area contributed by atoms with Gasteiger partial charge in [0.05, 0.1) is 12.1 Å². The molecule has 0 radical (unpaired) electrons. The molecule has 222 valence electrons. The lowest BCUT2D eigenvalue weighted by Gasteiger charge is -2.41. The summed E-state index contributed by atoms with van der Waals surface area (Å²) in [6, 6.07) is 21.9. The number of piperazine rings is 1. The van der Waals surface area contributed by atoms with Crippen molar-refractivity contribution in [1.82, 2.24) is 25.4 Å². The molecule has 8 heteroatoms. The summed E-state index contributed by atoms with van der Waals surface area (Å²) >= 11 is 0. The molecule has 1 aliphatic carbocycles. The molecule has 42 heavy (non-hydrogen) atoms. The first-order valence-corrected chi connectivity index (χ1v) is 15.1. The number of pyridine rings is 1. The summed E-state index contributed by atoms with van der Waals surface area (Å²) in [5.74, 6) is -0.182. The normalized spacial score (nSPS) is 22.2. The predicted molar refractivity (Wildman–Crippen MR) is 163 cm³/mol. The average Bonchev–Trinajstić information content (AvgIpc) is 3.32. The third-order valence-electron chi connectivity index (χ3n) is 8.75. The number of carbonyl (C=O) groups is 2. The van der Waals surface area contributed by atoms with E-state index >= 15 is 0 Å². The number of β-amino-alcohol motifs (C(OH)–C–C–N with tert-alkyl or cyclic N) is 1. The van der Waals surface area contributed by atoms with Crippen LogP contribution in [0.15, 0.2) is 79.1 Å². The molecule has 1 aliphatic heterocycles. The SMILES string of the molecule is CNC(=O)[C@@H]1CN(Cc2cccnc2)CCN1C[C@@H](O)C[C@@H](Cc1ccccc1)C(=O)NC1c2ccccc2C[C@H]1C. The van der Waals surface area contributed by atoms with Crippen molar-refractivity contribution in [1.29, 1.82) is 0 Å². The van der Waals surface area contributed by atoms with Crippen molar-refractivity contribution >= 4 is 11.8 Å². The van der Waals surface area contributed by atoms with E-state index in [1.54, 1.807) is 13.2 Å². The Morgan fingerprint density at radius 1 is 1.02 bits per heavy atom. The molecule has 3 aromatic rings. The number of amides is 2. The summed E-state index contributed by atoms with van der Waals surface area (Å²) in [6.07, 6.45) is 4.67. The number of benzene rings is 2. The van der Waals surface area contributed by atoms with Gasteiger partial charge in [-0.3, -0.25) is 24.4 Å². The minimum atomic E-state index is -0.755. The zero-order valence-corrected chi connectivity index (χ0v) is 24.7. The summed E-state index contributed by atoms with van der Waals surface area (Å²) in [4.78, 5) is 35.3. The van der Waals surface area contributed by atoms with E-state index < -0.39 is 12.0 Å². The molecule has 1 aromatic heterocycles. The van der Waals surface area contributed by atoms with E-state index in [9.17, 15) is 14.7 Å². The number of hydrogen-bond donors (Lipinski definition) is 3. The van der Waals surface area contributed by atoms with Crippen LogP contribution in [0.4, 0.5) is 0 Å². The van der Waals surface area contributed by atoms with Gasteiger partial charge in [0, 0.05) is 58.1 Å². The first kappa shape index (κ1) is 29.9.